The number of carbonyl (C=O) groups excluding carboxylic acids is 1. The summed E-state index contributed by atoms with van der Waals surface area (Å²) >= 11 is 0. The van der Waals surface area contributed by atoms with Crippen LogP contribution in [0.3, 0.4) is 0 Å². The van der Waals surface area contributed by atoms with Crippen molar-refractivity contribution in [2.75, 3.05) is 5.32 Å². The van der Waals surface area contributed by atoms with Gasteiger partial charge in [0.25, 0.3) is 0 Å². The molecule has 1 aromatic carbocycles. The second kappa shape index (κ2) is 5.63. The zero-order valence-electron chi connectivity index (χ0n) is 12.3. The van der Waals surface area contributed by atoms with Crippen LogP contribution in [0.2, 0.25) is 0 Å². The minimum absolute atomic E-state index is 0.0816. The Morgan fingerprint density at radius 3 is 2.38 bits per heavy atom. The minimum Gasteiger partial charge on any atom is -0.465 e. The maximum Gasteiger partial charge on any atom is 0.409 e. The van der Waals surface area contributed by atoms with Gasteiger partial charge in [0.05, 0.1) is 0 Å². The zero-order chi connectivity index (χ0) is 15.6. The largest absolute Gasteiger partial charge is 0.465 e. The van der Waals surface area contributed by atoms with E-state index in [-0.39, 0.29) is 12.0 Å². The molecule has 2 rings (SSSR count). The molecule has 1 aromatic rings. The molecule has 0 aliphatic heterocycles. The number of amides is 2. The average molecular weight is 292 g/mol. The van der Waals surface area contributed by atoms with Crippen molar-refractivity contribution in [1.29, 1.82) is 0 Å². The smallest absolute Gasteiger partial charge is 0.409 e. The second-order valence-corrected chi connectivity index (χ2v) is 6.15. The Labute approximate surface area is 123 Å². The van der Waals surface area contributed by atoms with Crippen LogP contribution in [0.25, 0.3) is 0 Å². The van der Waals surface area contributed by atoms with E-state index < -0.39 is 17.8 Å². The van der Waals surface area contributed by atoms with E-state index in [1.54, 1.807) is 12.1 Å². The number of benzene rings is 1. The third kappa shape index (κ3) is 4.66. The Morgan fingerprint density at radius 1 is 1.24 bits per heavy atom. The third-order valence-electron chi connectivity index (χ3n) is 3.08. The van der Waals surface area contributed by atoms with Gasteiger partial charge in [-0.15, -0.1) is 0 Å². The lowest BCUT2D eigenvalue weighted by atomic mass is 10.1. The molecule has 2 atom stereocenters. The Bertz CT molecular complexity index is 534. The van der Waals surface area contributed by atoms with Gasteiger partial charge in [-0.2, -0.15) is 0 Å². The first kappa shape index (κ1) is 15.2. The fourth-order valence-electron chi connectivity index (χ4n) is 2.12. The first-order chi connectivity index (χ1) is 9.74. The van der Waals surface area contributed by atoms with Crippen LogP contribution >= 0.6 is 0 Å². The van der Waals surface area contributed by atoms with Crippen LogP contribution in [0.1, 0.15) is 38.7 Å². The van der Waals surface area contributed by atoms with E-state index >= 15 is 0 Å². The first-order valence-corrected chi connectivity index (χ1v) is 6.84. The standard InChI is InChI=1S/C15H20N2O4/c1-15(2,3)21-14(20)17-12-8-11(12)9-4-6-10(7-5-9)16-13(18)19/h4-7,11-12,16H,8H2,1-3H3,(H,17,20)(H,18,19). The SMILES string of the molecule is CC(C)(C)OC(=O)NC1CC1c1ccc(NC(=O)O)cc1. The van der Waals surface area contributed by atoms with E-state index in [4.69, 9.17) is 9.84 Å². The van der Waals surface area contributed by atoms with Crippen LogP contribution in [0.4, 0.5) is 15.3 Å². The third-order valence-corrected chi connectivity index (χ3v) is 3.08. The molecule has 6 nitrogen and oxygen atoms in total. The molecule has 21 heavy (non-hydrogen) atoms. The maximum atomic E-state index is 11.7. The maximum absolute atomic E-state index is 11.7. The normalized spacial score (nSPS) is 20.5. The number of nitrogens with one attached hydrogen (secondary N) is 2. The van der Waals surface area contributed by atoms with Crippen molar-refractivity contribution < 1.29 is 19.4 Å². The molecule has 0 saturated heterocycles. The number of hydrogen-bond donors (Lipinski definition) is 3. The topological polar surface area (TPSA) is 87.7 Å². The Balaban J connectivity index is 1.85. The van der Waals surface area contributed by atoms with E-state index in [1.165, 1.54) is 0 Å². The average Bonchev–Trinajstić information content (AvgIpc) is 3.05. The van der Waals surface area contributed by atoms with Crippen molar-refractivity contribution in [2.45, 2.75) is 44.8 Å². The number of alkyl carbamates (subject to hydrolysis) is 1. The van der Waals surface area contributed by atoms with Gasteiger partial charge >= 0.3 is 12.2 Å². The summed E-state index contributed by atoms with van der Waals surface area (Å²) in [6.45, 7) is 5.47. The number of anilines is 1. The van der Waals surface area contributed by atoms with Crippen LogP contribution in [-0.2, 0) is 4.74 Å². The molecule has 6 heteroatoms. The Morgan fingerprint density at radius 2 is 1.86 bits per heavy atom. The van der Waals surface area contributed by atoms with Gasteiger partial charge in [0.2, 0.25) is 0 Å². The highest BCUT2D eigenvalue weighted by atomic mass is 16.6. The predicted octanol–water partition coefficient (Wildman–Crippen LogP) is 3.16. The molecule has 1 aliphatic rings. The Hall–Kier alpha value is -2.24. The number of carbonyl (C=O) groups is 2. The van der Waals surface area contributed by atoms with E-state index in [1.807, 2.05) is 32.9 Å². The second-order valence-electron chi connectivity index (χ2n) is 6.15. The number of ether oxygens (including phenoxy) is 1. The summed E-state index contributed by atoms with van der Waals surface area (Å²) in [7, 11) is 0. The number of carboxylic acid groups (broad SMARTS) is 1. The van der Waals surface area contributed by atoms with Crippen LogP contribution in [-0.4, -0.2) is 28.9 Å². The van der Waals surface area contributed by atoms with Crippen LogP contribution < -0.4 is 10.6 Å². The van der Waals surface area contributed by atoms with Crippen molar-refractivity contribution in [3.05, 3.63) is 29.8 Å². The molecule has 114 valence electrons. The first-order valence-electron chi connectivity index (χ1n) is 6.84. The fourth-order valence-corrected chi connectivity index (χ4v) is 2.12. The van der Waals surface area contributed by atoms with Crippen LogP contribution in [0.5, 0.6) is 0 Å². The lowest BCUT2D eigenvalue weighted by molar-refractivity contribution is 0.0522. The van der Waals surface area contributed by atoms with Gasteiger partial charge in [0.15, 0.2) is 0 Å². The lowest BCUT2D eigenvalue weighted by Gasteiger charge is -2.19. The molecule has 2 unspecified atom stereocenters. The zero-order valence-corrected chi connectivity index (χ0v) is 12.3. The van der Waals surface area contributed by atoms with Gasteiger partial charge in [0.1, 0.15) is 5.60 Å². The summed E-state index contributed by atoms with van der Waals surface area (Å²) in [5, 5.41) is 13.7. The molecule has 0 radical (unpaired) electrons. The summed E-state index contributed by atoms with van der Waals surface area (Å²) < 4.78 is 5.21. The monoisotopic (exact) mass is 292 g/mol. The molecule has 0 bridgehead atoms. The summed E-state index contributed by atoms with van der Waals surface area (Å²) in [4.78, 5) is 22.2. The molecule has 0 aromatic heterocycles. The van der Waals surface area contributed by atoms with E-state index in [9.17, 15) is 9.59 Å². The van der Waals surface area contributed by atoms with Gasteiger partial charge in [-0.05, 0) is 44.9 Å². The quantitative estimate of drug-likeness (QED) is 0.798. The van der Waals surface area contributed by atoms with E-state index in [2.05, 4.69) is 10.6 Å². The molecular weight excluding hydrogens is 272 g/mol. The van der Waals surface area contributed by atoms with Crippen molar-refractivity contribution in [3.63, 3.8) is 0 Å². The van der Waals surface area contributed by atoms with Gasteiger partial charge in [-0.25, -0.2) is 9.59 Å². The molecular formula is C15H20N2O4. The number of hydrogen-bond acceptors (Lipinski definition) is 3. The molecule has 3 N–H and O–H groups in total. The highest BCUT2D eigenvalue weighted by Gasteiger charge is 2.40. The molecule has 0 heterocycles. The van der Waals surface area contributed by atoms with Crippen molar-refractivity contribution in [1.82, 2.24) is 5.32 Å². The van der Waals surface area contributed by atoms with Gasteiger partial charge in [0, 0.05) is 17.6 Å². The van der Waals surface area contributed by atoms with E-state index in [0.29, 0.717) is 5.69 Å². The van der Waals surface area contributed by atoms with Crippen molar-refractivity contribution >= 4 is 17.9 Å². The highest BCUT2D eigenvalue weighted by Crippen LogP contribution is 2.41. The van der Waals surface area contributed by atoms with E-state index in [0.717, 1.165) is 12.0 Å². The molecule has 1 saturated carbocycles. The predicted molar refractivity (Wildman–Crippen MR) is 78.6 cm³/mol. The summed E-state index contributed by atoms with van der Waals surface area (Å²) in [6.07, 6.45) is -0.622. The highest BCUT2D eigenvalue weighted by molar-refractivity contribution is 5.82. The lowest BCUT2D eigenvalue weighted by Crippen LogP contribution is -2.34. The summed E-state index contributed by atoms with van der Waals surface area (Å²) in [5.41, 5.74) is 1.11. The van der Waals surface area contributed by atoms with Crippen LogP contribution in [0.15, 0.2) is 24.3 Å². The Kier molecular flexibility index (Phi) is 4.06. The van der Waals surface area contributed by atoms with Crippen molar-refractivity contribution in [3.8, 4) is 0 Å². The molecule has 0 spiro atoms. The van der Waals surface area contributed by atoms with Gasteiger partial charge < -0.3 is 15.2 Å². The van der Waals surface area contributed by atoms with Crippen LogP contribution in [0, 0.1) is 0 Å². The summed E-state index contributed by atoms with van der Waals surface area (Å²) in [5.74, 6) is 0.261. The summed E-state index contributed by atoms with van der Waals surface area (Å²) in [6, 6.07) is 7.25. The molecule has 1 fully saturated rings. The molecule has 2 amide bonds. The van der Waals surface area contributed by atoms with Gasteiger partial charge in [-0.3, -0.25) is 5.32 Å². The number of rotatable bonds is 3. The van der Waals surface area contributed by atoms with Crippen molar-refractivity contribution in [2.24, 2.45) is 0 Å². The fraction of sp³-hybridized carbons (Fsp3) is 0.467. The molecule has 1 aliphatic carbocycles. The minimum atomic E-state index is -1.08. The van der Waals surface area contributed by atoms with Gasteiger partial charge in [-0.1, -0.05) is 12.1 Å².